The lowest BCUT2D eigenvalue weighted by molar-refractivity contribution is 0.753. The van der Waals surface area contributed by atoms with Gasteiger partial charge in [0.15, 0.2) is 5.82 Å². The number of aromatic nitrogens is 3. The van der Waals surface area contributed by atoms with Gasteiger partial charge in [-0.3, -0.25) is 0 Å². The van der Waals surface area contributed by atoms with E-state index in [9.17, 15) is 5.26 Å². The van der Waals surface area contributed by atoms with Crippen molar-refractivity contribution in [3.05, 3.63) is 40.8 Å². The van der Waals surface area contributed by atoms with Crippen molar-refractivity contribution in [2.75, 3.05) is 0 Å². The third-order valence-electron chi connectivity index (χ3n) is 3.57. The number of pyridine rings is 1. The van der Waals surface area contributed by atoms with E-state index in [1.165, 1.54) is 5.56 Å². The minimum absolute atomic E-state index is 0.376. The van der Waals surface area contributed by atoms with Crippen molar-refractivity contribution in [2.45, 2.75) is 39.0 Å². The van der Waals surface area contributed by atoms with Crippen molar-refractivity contribution in [3.8, 4) is 11.9 Å². The van der Waals surface area contributed by atoms with Gasteiger partial charge in [0.1, 0.15) is 6.07 Å². The number of nitrogens with zero attached hydrogens (tertiary/aromatic N) is 4. The molecule has 4 heteroatoms. The molecule has 4 nitrogen and oxygen atoms in total. The molecule has 0 amide bonds. The predicted octanol–water partition coefficient (Wildman–Crippen LogP) is 2.75. The summed E-state index contributed by atoms with van der Waals surface area (Å²) < 4.78 is 1.73. The van der Waals surface area contributed by atoms with E-state index in [0.29, 0.717) is 17.3 Å². The lowest BCUT2D eigenvalue weighted by atomic mass is 10.1. The summed E-state index contributed by atoms with van der Waals surface area (Å²) in [4.78, 5) is 4.64. The Morgan fingerprint density at radius 3 is 2.89 bits per heavy atom. The van der Waals surface area contributed by atoms with Gasteiger partial charge in [0, 0.05) is 11.9 Å². The van der Waals surface area contributed by atoms with E-state index in [1.54, 1.807) is 4.68 Å². The van der Waals surface area contributed by atoms with E-state index in [1.807, 2.05) is 18.3 Å². The second kappa shape index (κ2) is 4.51. The SMILES string of the molecule is CC(C)c1ccn(-c2nc3c(cc2C#N)CCC3)n1. The first-order valence-corrected chi connectivity index (χ1v) is 6.68. The van der Waals surface area contributed by atoms with E-state index in [2.05, 4.69) is 30.0 Å². The van der Waals surface area contributed by atoms with Crippen LogP contribution in [0.5, 0.6) is 0 Å². The van der Waals surface area contributed by atoms with Crippen LogP contribution in [-0.2, 0) is 12.8 Å². The Labute approximate surface area is 112 Å². The number of rotatable bonds is 2. The first kappa shape index (κ1) is 11.9. The van der Waals surface area contributed by atoms with Gasteiger partial charge in [0.25, 0.3) is 0 Å². The van der Waals surface area contributed by atoms with Crippen molar-refractivity contribution >= 4 is 0 Å². The zero-order valence-corrected chi connectivity index (χ0v) is 11.2. The average Bonchev–Trinajstić information content (AvgIpc) is 3.05. The summed E-state index contributed by atoms with van der Waals surface area (Å²) in [5.74, 6) is 1.04. The first-order chi connectivity index (χ1) is 9.19. The van der Waals surface area contributed by atoms with Crippen molar-refractivity contribution in [2.24, 2.45) is 0 Å². The lowest BCUT2D eigenvalue weighted by Crippen LogP contribution is -2.05. The normalized spacial score (nSPS) is 13.6. The van der Waals surface area contributed by atoms with Crippen molar-refractivity contribution in [1.29, 1.82) is 5.26 Å². The van der Waals surface area contributed by atoms with E-state index in [0.717, 1.165) is 30.7 Å². The molecule has 0 fully saturated rings. The largest absolute Gasteiger partial charge is 0.232 e. The highest BCUT2D eigenvalue weighted by molar-refractivity contribution is 5.48. The van der Waals surface area contributed by atoms with Crippen LogP contribution in [0.4, 0.5) is 0 Å². The summed E-state index contributed by atoms with van der Waals surface area (Å²) in [5, 5.41) is 13.8. The van der Waals surface area contributed by atoms with E-state index < -0.39 is 0 Å². The molecule has 2 heterocycles. The predicted molar refractivity (Wildman–Crippen MR) is 72.2 cm³/mol. The number of hydrogen-bond donors (Lipinski definition) is 0. The lowest BCUT2D eigenvalue weighted by Gasteiger charge is -2.07. The van der Waals surface area contributed by atoms with Crippen LogP contribution in [0.1, 0.15) is 48.7 Å². The summed E-state index contributed by atoms with van der Waals surface area (Å²) in [6, 6.07) is 6.20. The summed E-state index contributed by atoms with van der Waals surface area (Å²) >= 11 is 0. The third-order valence-corrected chi connectivity index (χ3v) is 3.57. The third kappa shape index (κ3) is 2.01. The fourth-order valence-corrected chi connectivity index (χ4v) is 2.48. The molecule has 0 N–H and O–H groups in total. The Morgan fingerprint density at radius 2 is 2.21 bits per heavy atom. The number of aryl methyl sites for hydroxylation is 2. The molecule has 0 saturated heterocycles. The fraction of sp³-hybridized carbons (Fsp3) is 0.400. The van der Waals surface area contributed by atoms with Gasteiger partial charge < -0.3 is 0 Å². The molecule has 3 rings (SSSR count). The maximum absolute atomic E-state index is 9.30. The van der Waals surface area contributed by atoms with Gasteiger partial charge in [-0.25, -0.2) is 9.67 Å². The Kier molecular flexibility index (Phi) is 2.83. The molecular formula is C15H16N4. The second-order valence-electron chi connectivity index (χ2n) is 5.27. The van der Waals surface area contributed by atoms with E-state index in [4.69, 9.17) is 0 Å². The average molecular weight is 252 g/mol. The van der Waals surface area contributed by atoms with Crippen LogP contribution in [0.15, 0.2) is 18.3 Å². The summed E-state index contributed by atoms with van der Waals surface area (Å²) in [6.07, 6.45) is 5.06. The van der Waals surface area contributed by atoms with Crippen LogP contribution in [0, 0.1) is 11.3 Å². The number of hydrogen-bond acceptors (Lipinski definition) is 3. The molecule has 0 aliphatic heterocycles. The molecule has 96 valence electrons. The zero-order chi connectivity index (χ0) is 13.4. The minimum atomic E-state index is 0.376. The topological polar surface area (TPSA) is 54.5 Å². The molecule has 0 aromatic carbocycles. The van der Waals surface area contributed by atoms with Crippen LogP contribution < -0.4 is 0 Å². The molecule has 0 bridgehead atoms. The summed E-state index contributed by atoms with van der Waals surface area (Å²) in [5.41, 5.74) is 3.97. The summed E-state index contributed by atoms with van der Waals surface area (Å²) in [7, 11) is 0. The van der Waals surface area contributed by atoms with Gasteiger partial charge in [-0.05, 0) is 42.9 Å². The molecule has 2 aromatic heterocycles. The molecule has 0 atom stereocenters. The Bertz CT molecular complexity index is 661. The van der Waals surface area contributed by atoms with Gasteiger partial charge in [-0.15, -0.1) is 0 Å². The van der Waals surface area contributed by atoms with Crippen molar-refractivity contribution in [1.82, 2.24) is 14.8 Å². The van der Waals surface area contributed by atoms with E-state index >= 15 is 0 Å². The molecule has 1 aliphatic carbocycles. The van der Waals surface area contributed by atoms with Gasteiger partial charge in [-0.1, -0.05) is 13.8 Å². The highest BCUT2D eigenvalue weighted by Crippen LogP contribution is 2.24. The molecule has 0 unspecified atom stereocenters. The van der Waals surface area contributed by atoms with Crippen LogP contribution in [0.3, 0.4) is 0 Å². The van der Waals surface area contributed by atoms with Gasteiger partial charge >= 0.3 is 0 Å². The smallest absolute Gasteiger partial charge is 0.171 e. The highest BCUT2D eigenvalue weighted by Gasteiger charge is 2.18. The first-order valence-electron chi connectivity index (χ1n) is 6.68. The molecule has 0 radical (unpaired) electrons. The monoisotopic (exact) mass is 252 g/mol. The standard InChI is InChI=1S/C15H16N4/c1-10(2)13-6-7-19(18-13)15-12(9-16)8-11-4-3-5-14(11)17-15/h6-8,10H,3-5H2,1-2H3. The molecule has 0 saturated carbocycles. The molecule has 2 aromatic rings. The quantitative estimate of drug-likeness (QED) is 0.825. The molecule has 19 heavy (non-hydrogen) atoms. The Balaban J connectivity index is 2.11. The fourth-order valence-electron chi connectivity index (χ4n) is 2.48. The van der Waals surface area contributed by atoms with Crippen LogP contribution in [-0.4, -0.2) is 14.8 Å². The summed E-state index contributed by atoms with van der Waals surface area (Å²) in [6.45, 7) is 4.21. The number of nitriles is 1. The minimum Gasteiger partial charge on any atom is -0.232 e. The van der Waals surface area contributed by atoms with Gasteiger partial charge in [0.05, 0.1) is 11.3 Å². The molecule has 0 spiro atoms. The van der Waals surface area contributed by atoms with Crippen molar-refractivity contribution < 1.29 is 0 Å². The molecular weight excluding hydrogens is 236 g/mol. The Hall–Kier alpha value is -2.15. The highest BCUT2D eigenvalue weighted by atomic mass is 15.3. The van der Waals surface area contributed by atoms with Gasteiger partial charge in [-0.2, -0.15) is 10.4 Å². The van der Waals surface area contributed by atoms with Crippen molar-refractivity contribution in [3.63, 3.8) is 0 Å². The maximum Gasteiger partial charge on any atom is 0.171 e. The Morgan fingerprint density at radius 1 is 1.37 bits per heavy atom. The van der Waals surface area contributed by atoms with Crippen LogP contribution in [0.25, 0.3) is 5.82 Å². The second-order valence-corrected chi connectivity index (χ2v) is 5.27. The molecule has 1 aliphatic rings. The van der Waals surface area contributed by atoms with Gasteiger partial charge in [0.2, 0.25) is 0 Å². The zero-order valence-electron chi connectivity index (χ0n) is 11.2. The van der Waals surface area contributed by atoms with E-state index in [-0.39, 0.29) is 0 Å². The number of fused-ring (bicyclic) bond motifs is 1. The van der Waals surface area contributed by atoms with Crippen LogP contribution in [0.2, 0.25) is 0 Å². The van der Waals surface area contributed by atoms with Crippen LogP contribution >= 0.6 is 0 Å². The maximum atomic E-state index is 9.30.